The molecule has 1 aromatic carbocycles. The van der Waals surface area contributed by atoms with Crippen LogP contribution in [0.25, 0.3) is 10.9 Å². The van der Waals surface area contributed by atoms with E-state index in [1.807, 2.05) is 10.7 Å². The number of hydrogen-bond donors (Lipinski definition) is 1. The quantitative estimate of drug-likeness (QED) is 0.560. The van der Waals surface area contributed by atoms with E-state index in [4.69, 9.17) is 4.74 Å². The predicted molar refractivity (Wildman–Crippen MR) is 134 cm³/mol. The van der Waals surface area contributed by atoms with Gasteiger partial charge in [-0.25, -0.2) is 4.68 Å². The lowest BCUT2D eigenvalue weighted by molar-refractivity contribution is 0.0371. The van der Waals surface area contributed by atoms with E-state index in [0.717, 1.165) is 59.4 Å². The minimum Gasteiger partial charge on any atom is -0.377 e. The number of aromatic amines is 1. The van der Waals surface area contributed by atoms with Gasteiger partial charge in [0.25, 0.3) is 5.56 Å². The third-order valence-electron chi connectivity index (χ3n) is 6.64. The van der Waals surface area contributed by atoms with Crippen molar-refractivity contribution in [3.05, 3.63) is 51.1 Å². The minimum atomic E-state index is -0.253. The molecule has 1 N–H and O–H groups in total. The number of nitrogens with zero attached hydrogens (tertiary/aromatic N) is 5. The van der Waals surface area contributed by atoms with Crippen LogP contribution in [-0.2, 0) is 16.8 Å². The van der Waals surface area contributed by atoms with Crippen molar-refractivity contribution in [3.8, 4) is 0 Å². The van der Waals surface area contributed by atoms with Crippen LogP contribution < -0.4 is 5.56 Å². The van der Waals surface area contributed by atoms with E-state index in [9.17, 15) is 4.79 Å². The molecule has 0 radical (unpaired) electrons. The van der Waals surface area contributed by atoms with Gasteiger partial charge in [-0.05, 0) is 87.1 Å². The van der Waals surface area contributed by atoms with Crippen LogP contribution >= 0.6 is 0 Å². The molecule has 1 aliphatic heterocycles. The Labute approximate surface area is 201 Å². The Balaban J connectivity index is 1.78. The molecule has 1 saturated heterocycles. The molecule has 3 aromatic rings. The van der Waals surface area contributed by atoms with Gasteiger partial charge < -0.3 is 9.72 Å². The second kappa shape index (κ2) is 9.58. The van der Waals surface area contributed by atoms with E-state index < -0.39 is 0 Å². The maximum absolute atomic E-state index is 13.2. The molecule has 8 nitrogen and oxygen atoms in total. The molecule has 0 saturated carbocycles. The fourth-order valence-corrected chi connectivity index (χ4v) is 5.12. The van der Waals surface area contributed by atoms with Gasteiger partial charge >= 0.3 is 0 Å². The van der Waals surface area contributed by atoms with Crippen molar-refractivity contribution < 1.29 is 4.74 Å². The molecular weight excluding hydrogens is 428 g/mol. The number of aryl methyl sites for hydroxylation is 2. The molecule has 0 aliphatic carbocycles. The van der Waals surface area contributed by atoms with Crippen molar-refractivity contribution in [2.75, 3.05) is 13.2 Å². The maximum atomic E-state index is 13.2. The van der Waals surface area contributed by atoms with Gasteiger partial charge in [-0.3, -0.25) is 9.69 Å². The van der Waals surface area contributed by atoms with Crippen LogP contribution in [0.1, 0.15) is 76.0 Å². The summed E-state index contributed by atoms with van der Waals surface area (Å²) in [5.41, 5.74) is 3.63. The number of ether oxygens (including phenoxy) is 1. The van der Waals surface area contributed by atoms with Crippen molar-refractivity contribution in [2.45, 2.75) is 85.5 Å². The van der Waals surface area contributed by atoms with E-state index in [1.54, 1.807) is 0 Å². The Morgan fingerprint density at radius 3 is 2.65 bits per heavy atom. The second-order valence-corrected chi connectivity index (χ2v) is 11.0. The zero-order valence-electron chi connectivity index (χ0n) is 21.6. The van der Waals surface area contributed by atoms with Crippen molar-refractivity contribution in [1.29, 1.82) is 0 Å². The van der Waals surface area contributed by atoms with E-state index in [1.165, 1.54) is 0 Å². The first-order chi connectivity index (χ1) is 16.0. The minimum absolute atomic E-state index is 0.0484. The van der Waals surface area contributed by atoms with Crippen LogP contribution in [0.2, 0.25) is 0 Å². The van der Waals surface area contributed by atoms with Gasteiger partial charge in [0.2, 0.25) is 0 Å². The van der Waals surface area contributed by atoms with E-state index >= 15 is 0 Å². The van der Waals surface area contributed by atoms with Gasteiger partial charge in [0, 0.05) is 36.2 Å². The molecule has 0 amide bonds. The third kappa shape index (κ3) is 5.08. The van der Waals surface area contributed by atoms with Crippen LogP contribution in [0.5, 0.6) is 0 Å². The third-order valence-corrected chi connectivity index (χ3v) is 6.64. The topological polar surface area (TPSA) is 88.9 Å². The first-order valence-corrected chi connectivity index (χ1v) is 12.3. The number of nitrogens with one attached hydrogen (secondary N) is 1. The number of H-pyrrole nitrogens is 1. The van der Waals surface area contributed by atoms with E-state index in [-0.39, 0.29) is 29.2 Å². The molecule has 184 valence electrons. The maximum Gasteiger partial charge on any atom is 0.252 e. The van der Waals surface area contributed by atoms with Crippen LogP contribution in [0.15, 0.2) is 23.0 Å². The highest BCUT2D eigenvalue weighted by molar-refractivity contribution is 5.83. The SMILES string of the molecule is Cc1cc(C)c2cc(CN(CC3CCCO3)C(c3nnnn3C(C)(C)C)C(C)C)c(=O)[nH]c2c1. The van der Waals surface area contributed by atoms with Gasteiger partial charge in [-0.15, -0.1) is 5.10 Å². The number of benzene rings is 1. The van der Waals surface area contributed by atoms with Gasteiger partial charge in [0.1, 0.15) is 0 Å². The summed E-state index contributed by atoms with van der Waals surface area (Å²) in [7, 11) is 0. The normalized spacial score (nSPS) is 17.9. The number of pyridine rings is 1. The highest BCUT2D eigenvalue weighted by Crippen LogP contribution is 2.32. The summed E-state index contributed by atoms with van der Waals surface area (Å²) in [5, 5.41) is 13.9. The summed E-state index contributed by atoms with van der Waals surface area (Å²) >= 11 is 0. The average Bonchev–Trinajstić information content (AvgIpc) is 3.40. The van der Waals surface area contributed by atoms with Crippen LogP contribution in [-0.4, -0.2) is 49.3 Å². The smallest absolute Gasteiger partial charge is 0.252 e. The van der Waals surface area contributed by atoms with Crippen molar-refractivity contribution in [3.63, 3.8) is 0 Å². The lowest BCUT2D eigenvalue weighted by Gasteiger charge is -2.36. The monoisotopic (exact) mass is 466 g/mol. The molecular formula is C26H38N6O2. The highest BCUT2D eigenvalue weighted by atomic mass is 16.5. The molecule has 0 spiro atoms. The number of tetrazole rings is 1. The molecule has 2 aromatic heterocycles. The second-order valence-electron chi connectivity index (χ2n) is 11.0. The summed E-state index contributed by atoms with van der Waals surface area (Å²) in [5.74, 6) is 1.06. The standard InChI is InChI=1S/C26H38N6O2/c1-16(2)23(24-28-29-30-32(24)26(5,6)7)31(15-20-9-8-10-34-20)14-19-13-21-18(4)11-17(3)12-22(21)27-25(19)33/h11-13,16,20,23H,8-10,14-15H2,1-7H3,(H,27,33). The van der Waals surface area contributed by atoms with Gasteiger partial charge in [0.15, 0.2) is 5.82 Å². The van der Waals surface area contributed by atoms with Crippen LogP contribution in [0.3, 0.4) is 0 Å². The summed E-state index contributed by atoms with van der Waals surface area (Å²) in [6, 6.07) is 6.18. The number of rotatable bonds is 7. The van der Waals surface area contributed by atoms with E-state index in [0.29, 0.717) is 6.54 Å². The molecule has 2 atom stereocenters. The Morgan fingerprint density at radius 2 is 2.00 bits per heavy atom. The lowest BCUT2D eigenvalue weighted by atomic mass is 9.98. The Kier molecular flexibility index (Phi) is 6.92. The first kappa shape index (κ1) is 24.5. The van der Waals surface area contributed by atoms with Crippen LogP contribution in [0.4, 0.5) is 0 Å². The molecule has 34 heavy (non-hydrogen) atoms. The average molecular weight is 467 g/mol. The van der Waals surface area contributed by atoms with E-state index in [2.05, 4.69) is 86.0 Å². The largest absolute Gasteiger partial charge is 0.377 e. The van der Waals surface area contributed by atoms with Crippen molar-refractivity contribution >= 4 is 10.9 Å². The Bertz CT molecular complexity index is 1200. The van der Waals surface area contributed by atoms with Gasteiger partial charge in [-0.1, -0.05) is 19.9 Å². The highest BCUT2D eigenvalue weighted by Gasteiger charge is 2.34. The van der Waals surface area contributed by atoms with Gasteiger partial charge in [0.05, 0.1) is 17.7 Å². The fraction of sp³-hybridized carbons (Fsp3) is 0.615. The molecule has 0 bridgehead atoms. The summed E-state index contributed by atoms with van der Waals surface area (Å²) in [4.78, 5) is 18.6. The molecule has 1 fully saturated rings. The van der Waals surface area contributed by atoms with Gasteiger partial charge in [-0.2, -0.15) is 0 Å². The number of hydrogen-bond acceptors (Lipinski definition) is 6. The summed E-state index contributed by atoms with van der Waals surface area (Å²) in [6.07, 6.45) is 2.24. The summed E-state index contributed by atoms with van der Waals surface area (Å²) in [6.45, 7) is 16.8. The number of aromatic nitrogens is 5. The molecule has 2 unspecified atom stereocenters. The summed E-state index contributed by atoms with van der Waals surface area (Å²) < 4.78 is 7.93. The van der Waals surface area contributed by atoms with Crippen molar-refractivity contribution in [2.24, 2.45) is 5.92 Å². The zero-order valence-corrected chi connectivity index (χ0v) is 21.6. The molecule has 1 aliphatic rings. The van der Waals surface area contributed by atoms with Crippen molar-refractivity contribution in [1.82, 2.24) is 30.1 Å². The number of fused-ring (bicyclic) bond motifs is 1. The molecule has 3 heterocycles. The first-order valence-electron chi connectivity index (χ1n) is 12.3. The van der Waals surface area contributed by atoms with Crippen LogP contribution in [0, 0.1) is 19.8 Å². The molecule has 8 heteroatoms. The Morgan fingerprint density at radius 1 is 1.24 bits per heavy atom. The lowest BCUT2D eigenvalue weighted by Crippen LogP contribution is -2.41. The zero-order chi connectivity index (χ0) is 24.6. The Hall–Kier alpha value is -2.58. The fourth-order valence-electron chi connectivity index (χ4n) is 5.12. The predicted octanol–water partition coefficient (Wildman–Crippen LogP) is 4.26. The molecule has 4 rings (SSSR count).